The highest BCUT2D eigenvalue weighted by molar-refractivity contribution is 5.70. The Morgan fingerprint density at radius 1 is 0.915 bits per heavy atom. The summed E-state index contributed by atoms with van der Waals surface area (Å²) in [6.45, 7) is 2.66. The second-order valence-electron chi connectivity index (χ2n) is 10.9. The number of carbonyl (C=O) groups excluding carboxylic acids is 1. The molecule has 0 radical (unpaired) electrons. The summed E-state index contributed by atoms with van der Waals surface area (Å²) in [5.41, 5.74) is 0.0332. The number of aliphatic hydroxyl groups is 1. The van der Waals surface area contributed by atoms with Gasteiger partial charge >= 0.3 is 11.7 Å². The number of aromatic amines is 1. The summed E-state index contributed by atoms with van der Waals surface area (Å²) in [4.78, 5) is 39.5. The molecule has 12 nitrogen and oxygen atoms in total. The van der Waals surface area contributed by atoms with Crippen molar-refractivity contribution >= 4 is 5.97 Å². The minimum Gasteiger partial charge on any atom is -0.497 e. The van der Waals surface area contributed by atoms with Crippen LogP contribution in [0, 0.1) is 6.92 Å². The van der Waals surface area contributed by atoms with Crippen molar-refractivity contribution in [2.75, 3.05) is 34.0 Å². The molecule has 5 rings (SSSR count). The van der Waals surface area contributed by atoms with Gasteiger partial charge in [-0.1, -0.05) is 54.6 Å². The zero-order valence-corrected chi connectivity index (χ0v) is 26.6. The van der Waals surface area contributed by atoms with Crippen LogP contribution < -0.4 is 20.7 Å². The Bertz CT molecular complexity index is 1710. The van der Waals surface area contributed by atoms with Crippen molar-refractivity contribution in [3.05, 3.63) is 128 Å². The largest absolute Gasteiger partial charge is 0.497 e. The molecular weight excluding hydrogens is 608 g/mol. The number of rotatable bonds is 13. The molecule has 248 valence electrons. The van der Waals surface area contributed by atoms with E-state index in [-0.39, 0.29) is 18.8 Å². The second-order valence-corrected chi connectivity index (χ2v) is 10.9. The summed E-state index contributed by atoms with van der Waals surface area (Å²) in [7, 11) is 3.18. The van der Waals surface area contributed by atoms with E-state index in [1.165, 1.54) is 13.1 Å². The molecule has 4 aromatic rings. The van der Waals surface area contributed by atoms with Gasteiger partial charge in [0.05, 0.1) is 27.4 Å². The predicted molar refractivity (Wildman–Crippen MR) is 171 cm³/mol. The first kappa shape index (κ1) is 33.6. The van der Waals surface area contributed by atoms with E-state index in [2.05, 4.69) is 4.98 Å². The summed E-state index contributed by atoms with van der Waals surface area (Å²) in [5.74, 6) is 0.669. The number of aryl methyl sites for hydroxylation is 1. The molecule has 1 saturated heterocycles. The second kappa shape index (κ2) is 14.8. The van der Waals surface area contributed by atoms with Crippen molar-refractivity contribution in [3.8, 4) is 11.5 Å². The molecule has 1 aliphatic heterocycles. The first-order chi connectivity index (χ1) is 22.7. The van der Waals surface area contributed by atoms with E-state index in [1.807, 2.05) is 78.9 Å². The minimum absolute atomic E-state index is 0.142. The van der Waals surface area contributed by atoms with Gasteiger partial charge in [0.15, 0.2) is 6.23 Å². The lowest BCUT2D eigenvalue weighted by atomic mass is 9.80. The number of benzene rings is 3. The van der Waals surface area contributed by atoms with Crippen LogP contribution in [0.5, 0.6) is 11.5 Å². The third-order valence-electron chi connectivity index (χ3n) is 8.07. The fourth-order valence-corrected chi connectivity index (χ4v) is 5.68. The molecule has 2 heterocycles. The Morgan fingerprint density at radius 2 is 1.49 bits per heavy atom. The lowest BCUT2D eigenvalue weighted by Gasteiger charge is -2.37. The molecule has 1 aromatic heterocycles. The van der Waals surface area contributed by atoms with Crippen LogP contribution in [0.2, 0.25) is 0 Å². The molecule has 0 aliphatic carbocycles. The SMILES string of the molecule is CCOC(=O)COC1C(O)[C@H](COC(c2ccccc2)(c2ccc(OC)cc2)c2ccc(OC)cc2)O[C@@H]1n1cc(C)c(=O)[nH]c1=O. The summed E-state index contributed by atoms with van der Waals surface area (Å²) in [6, 6.07) is 24.5. The van der Waals surface area contributed by atoms with E-state index in [0.29, 0.717) is 11.5 Å². The molecule has 3 aromatic carbocycles. The van der Waals surface area contributed by atoms with Crippen LogP contribution in [0.4, 0.5) is 0 Å². The van der Waals surface area contributed by atoms with Crippen molar-refractivity contribution in [1.82, 2.24) is 9.55 Å². The summed E-state index contributed by atoms with van der Waals surface area (Å²) in [6.07, 6.45) is -3.46. The number of hydrogen-bond acceptors (Lipinski definition) is 10. The van der Waals surface area contributed by atoms with Gasteiger partial charge in [-0.05, 0) is 54.8 Å². The Labute approximate surface area is 271 Å². The van der Waals surface area contributed by atoms with E-state index in [9.17, 15) is 19.5 Å². The van der Waals surface area contributed by atoms with Crippen molar-refractivity contribution in [2.24, 2.45) is 0 Å². The Morgan fingerprint density at radius 3 is 2.04 bits per heavy atom. The Hall–Kier alpha value is -4.75. The Kier molecular flexibility index (Phi) is 10.6. The molecule has 1 aliphatic rings. The topological polar surface area (TPSA) is 148 Å². The van der Waals surface area contributed by atoms with Crippen LogP contribution in [-0.4, -0.2) is 73.0 Å². The van der Waals surface area contributed by atoms with Crippen LogP contribution in [-0.2, 0) is 29.3 Å². The highest BCUT2D eigenvalue weighted by atomic mass is 16.6. The maximum absolute atomic E-state index is 12.9. The van der Waals surface area contributed by atoms with Crippen molar-refractivity contribution in [3.63, 3.8) is 0 Å². The van der Waals surface area contributed by atoms with E-state index in [4.69, 9.17) is 28.4 Å². The number of aliphatic hydroxyl groups excluding tert-OH is 1. The zero-order valence-electron chi connectivity index (χ0n) is 26.6. The highest BCUT2D eigenvalue weighted by Gasteiger charge is 2.48. The maximum atomic E-state index is 12.9. The van der Waals surface area contributed by atoms with Gasteiger partial charge in [0, 0.05) is 11.8 Å². The third kappa shape index (κ3) is 7.00. The van der Waals surface area contributed by atoms with Crippen LogP contribution in [0.3, 0.4) is 0 Å². The molecule has 2 N–H and O–H groups in total. The van der Waals surface area contributed by atoms with Crippen molar-refractivity contribution < 1.29 is 38.3 Å². The van der Waals surface area contributed by atoms with Crippen LogP contribution in [0.25, 0.3) is 0 Å². The van der Waals surface area contributed by atoms with Gasteiger partial charge in [-0.15, -0.1) is 0 Å². The third-order valence-corrected chi connectivity index (χ3v) is 8.07. The number of nitrogens with one attached hydrogen (secondary N) is 1. The molecule has 0 bridgehead atoms. The lowest BCUT2D eigenvalue weighted by molar-refractivity contribution is -0.155. The fraction of sp³-hybridized carbons (Fsp3) is 0.343. The minimum atomic E-state index is -1.35. The normalized spacial score (nSPS) is 19.3. The van der Waals surface area contributed by atoms with E-state index in [1.54, 1.807) is 21.1 Å². The molecule has 47 heavy (non-hydrogen) atoms. The van der Waals surface area contributed by atoms with Gasteiger partial charge in [-0.25, -0.2) is 9.59 Å². The number of methoxy groups -OCH3 is 2. The Balaban J connectivity index is 1.56. The van der Waals surface area contributed by atoms with Crippen LogP contribution in [0.1, 0.15) is 35.4 Å². The molecule has 0 saturated carbocycles. The number of aromatic nitrogens is 2. The van der Waals surface area contributed by atoms with Gasteiger partial charge in [0.25, 0.3) is 5.56 Å². The first-order valence-electron chi connectivity index (χ1n) is 15.1. The summed E-state index contributed by atoms with van der Waals surface area (Å²) in [5, 5.41) is 11.6. The molecule has 2 unspecified atom stereocenters. The predicted octanol–water partition coefficient (Wildman–Crippen LogP) is 3.08. The standard InChI is InChI=1S/C35H38N2O10/c1-5-44-29(38)21-45-31-30(39)28(47-33(31)37-19-22(2)32(40)36-34(37)41)20-46-35(23-9-7-6-8-10-23,24-11-15-26(42-3)16-12-24)25-13-17-27(43-4)18-14-25/h6-19,28,30-31,33,39H,5,20-21H2,1-4H3,(H,36,40,41)/t28-,30?,31?,33-/m0/s1. The van der Waals surface area contributed by atoms with Gasteiger partial charge in [-0.3, -0.25) is 14.3 Å². The molecule has 1 fully saturated rings. The lowest BCUT2D eigenvalue weighted by Crippen LogP contribution is -2.42. The smallest absolute Gasteiger partial charge is 0.332 e. The molecule has 12 heteroatoms. The molecule has 0 amide bonds. The van der Waals surface area contributed by atoms with E-state index >= 15 is 0 Å². The van der Waals surface area contributed by atoms with Gasteiger partial charge in [-0.2, -0.15) is 0 Å². The van der Waals surface area contributed by atoms with E-state index in [0.717, 1.165) is 21.3 Å². The van der Waals surface area contributed by atoms with Crippen LogP contribution >= 0.6 is 0 Å². The highest BCUT2D eigenvalue weighted by Crippen LogP contribution is 2.43. The quantitative estimate of drug-likeness (QED) is 0.164. The first-order valence-corrected chi connectivity index (χ1v) is 15.1. The zero-order chi connectivity index (χ0) is 33.6. The van der Waals surface area contributed by atoms with Crippen molar-refractivity contribution in [2.45, 2.75) is 44.0 Å². The molecular formula is C35H38N2O10. The molecule has 0 spiro atoms. The number of esters is 1. The average molecular weight is 647 g/mol. The summed E-state index contributed by atoms with van der Waals surface area (Å²) >= 11 is 0. The van der Waals surface area contributed by atoms with Gasteiger partial charge in [0.1, 0.15) is 42.0 Å². The van der Waals surface area contributed by atoms with Crippen molar-refractivity contribution in [1.29, 1.82) is 0 Å². The average Bonchev–Trinajstić information content (AvgIpc) is 3.41. The number of nitrogens with zero attached hydrogens (tertiary/aromatic N) is 1. The van der Waals surface area contributed by atoms with Gasteiger partial charge < -0.3 is 33.5 Å². The number of ether oxygens (including phenoxy) is 6. The molecule has 4 atom stereocenters. The monoisotopic (exact) mass is 646 g/mol. The fourth-order valence-electron chi connectivity index (χ4n) is 5.68. The maximum Gasteiger partial charge on any atom is 0.332 e. The van der Waals surface area contributed by atoms with Crippen LogP contribution in [0.15, 0.2) is 94.6 Å². The van der Waals surface area contributed by atoms with E-state index < -0.39 is 54.0 Å². The summed E-state index contributed by atoms with van der Waals surface area (Å²) < 4.78 is 35.9. The van der Waals surface area contributed by atoms with Gasteiger partial charge in [0.2, 0.25) is 0 Å². The number of hydrogen-bond donors (Lipinski definition) is 2. The number of carbonyl (C=O) groups is 1. The number of H-pyrrole nitrogens is 1.